The normalized spacial score (nSPS) is 15.1. The minimum atomic E-state index is -2.62. The Morgan fingerprint density at radius 2 is 2.00 bits per heavy atom. The maximum Gasteiger partial charge on any atom is 0.291 e. The average molecular weight is 463 g/mol. The Kier molecular flexibility index (Phi) is 6.82. The second kappa shape index (κ2) is 8.83. The Balaban J connectivity index is 0.000000343. The highest BCUT2D eigenvalue weighted by Gasteiger charge is 2.37. The van der Waals surface area contributed by atoms with Gasteiger partial charge in [0, 0.05) is 16.6 Å². The number of aromatic nitrogens is 3. The number of rotatable bonds is 5. The van der Waals surface area contributed by atoms with Crippen molar-refractivity contribution in [2.24, 2.45) is 11.7 Å². The maximum absolute atomic E-state index is 12.8. The first-order valence-corrected chi connectivity index (χ1v) is 10.8. The van der Waals surface area contributed by atoms with Gasteiger partial charge in [-0.05, 0) is 42.9 Å². The minimum Gasteiger partial charge on any atom is -0.323 e. The van der Waals surface area contributed by atoms with Crippen molar-refractivity contribution < 1.29 is 13.2 Å². The van der Waals surface area contributed by atoms with E-state index in [4.69, 9.17) is 17.3 Å². The van der Waals surface area contributed by atoms with E-state index in [0.29, 0.717) is 26.5 Å². The van der Waals surface area contributed by atoms with Crippen LogP contribution in [-0.4, -0.2) is 26.8 Å². The Bertz CT molecular complexity index is 999. The third kappa shape index (κ3) is 5.25. The Hall–Kier alpha value is -1.29. The van der Waals surface area contributed by atoms with Crippen LogP contribution in [0.15, 0.2) is 23.2 Å². The summed E-state index contributed by atoms with van der Waals surface area (Å²) in [5.74, 6) is 0.437. The summed E-state index contributed by atoms with van der Waals surface area (Å²) in [6.07, 6.45) is 1.78. The first-order chi connectivity index (χ1) is 13.6. The van der Waals surface area contributed by atoms with Crippen LogP contribution >= 0.6 is 35.6 Å². The first-order valence-electron chi connectivity index (χ1n) is 9.13. The lowest BCUT2D eigenvalue weighted by atomic mass is 10.0. The zero-order valence-electron chi connectivity index (χ0n) is 16.0. The second-order valence-electron chi connectivity index (χ2n) is 7.66. The van der Waals surface area contributed by atoms with E-state index in [9.17, 15) is 13.2 Å². The predicted molar refractivity (Wildman–Crippen MR) is 114 cm³/mol. The molecule has 4 nitrogen and oxygen atoms in total. The van der Waals surface area contributed by atoms with Crippen LogP contribution in [0.25, 0.3) is 16.2 Å². The highest BCUT2D eigenvalue weighted by molar-refractivity contribution is 7.80. The Morgan fingerprint density at radius 3 is 2.48 bits per heavy atom. The summed E-state index contributed by atoms with van der Waals surface area (Å²) in [6, 6.07) is 3.72. The quantitative estimate of drug-likeness (QED) is 0.458. The topological polar surface area (TPSA) is 56.2 Å². The summed E-state index contributed by atoms with van der Waals surface area (Å²) in [4.78, 5) is 0.689. The van der Waals surface area contributed by atoms with E-state index in [1.165, 1.54) is 0 Å². The fraction of sp³-hybridized carbons (Fsp3) is 0.474. The van der Waals surface area contributed by atoms with Crippen molar-refractivity contribution in [1.29, 1.82) is 0 Å². The van der Waals surface area contributed by atoms with E-state index in [2.05, 4.69) is 36.7 Å². The molecule has 0 unspecified atom stereocenters. The summed E-state index contributed by atoms with van der Waals surface area (Å²) in [6.45, 7) is 3.89. The predicted octanol–water partition coefficient (Wildman–Crippen LogP) is 5.98. The van der Waals surface area contributed by atoms with Crippen molar-refractivity contribution in [3.8, 4) is 10.7 Å². The third-order valence-corrected chi connectivity index (χ3v) is 6.00. The molecule has 0 aromatic carbocycles. The van der Waals surface area contributed by atoms with Crippen molar-refractivity contribution in [2.75, 3.05) is 6.67 Å². The van der Waals surface area contributed by atoms with Crippen LogP contribution in [0, 0.1) is 5.92 Å². The molecule has 3 aromatic heterocycles. The van der Waals surface area contributed by atoms with Crippen LogP contribution < -0.4 is 5.73 Å². The minimum absolute atomic E-state index is 0.284. The molecule has 0 spiro atoms. The smallest absolute Gasteiger partial charge is 0.291 e. The molecular weight excluding hydrogens is 441 g/mol. The number of halogens is 4. The molecule has 3 heterocycles. The molecule has 0 atom stereocenters. The fourth-order valence-electron chi connectivity index (χ4n) is 2.83. The molecule has 1 aliphatic rings. The van der Waals surface area contributed by atoms with Gasteiger partial charge < -0.3 is 10.1 Å². The maximum atomic E-state index is 12.8. The lowest BCUT2D eigenvalue weighted by Crippen LogP contribution is -2.23. The van der Waals surface area contributed by atoms with Gasteiger partial charge in [-0.15, -0.1) is 22.8 Å². The average Bonchev–Trinajstić information content (AvgIpc) is 3.05. The molecule has 10 heteroatoms. The number of thiol groups is 1. The van der Waals surface area contributed by atoms with Gasteiger partial charge in [0.2, 0.25) is 0 Å². The Morgan fingerprint density at radius 1 is 1.31 bits per heavy atom. The zero-order valence-corrected chi connectivity index (χ0v) is 18.5. The number of pyridine rings is 1. The fourth-order valence-corrected chi connectivity index (χ4v) is 4.19. The largest absolute Gasteiger partial charge is 0.323 e. The molecule has 1 aliphatic carbocycles. The molecule has 29 heavy (non-hydrogen) atoms. The summed E-state index contributed by atoms with van der Waals surface area (Å²) in [5.41, 5.74) is 7.52. The standard InChI is InChI=1S/C15H14ClF2N3S2.C4H8FN/c1-7(2)3-8-4-11(14-19-20-15(23-14)13(17)18)21-6-9(22)5-10(16)12(8)21;5-3-4(6)1-2-4/h4-7,13,22H,3H2,1-2H3;1-3,6H2. The van der Waals surface area contributed by atoms with Gasteiger partial charge in [0.1, 0.15) is 6.67 Å². The molecule has 0 amide bonds. The third-order valence-electron chi connectivity index (χ3n) is 4.51. The number of nitrogens with zero attached hydrogens (tertiary/aromatic N) is 3. The number of nitrogens with two attached hydrogens (primary N) is 1. The van der Waals surface area contributed by atoms with E-state index in [0.717, 1.165) is 41.7 Å². The van der Waals surface area contributed by atoms with Gasteiger partial charge in [-0.1, -0.05) is 36.8 Å². The highest BCUT2D eigenvalue weighted by atomic mass is 35.5. The Labute approximate surface area is 181 Å². The summed E-state index contributed by atoms with van der Waals surface area (Å²) < 4.78 is 38.9. The molecule has 0 saturated heterocycles. The molecule has 0 radical (unpaired) electrons. The SMILES string of the molecule is CC(C)Cc1cc(-c2nnc(C(F)F)s2)n2cc(S)cc(Cl)c12.NC1(CF)CC1. The van der Waals surface area contributed by atoms with Crippen molar-refractivity contribution in [1.82, 2.24) is 14.6 Å². The van der Waals surface area contributed by atoms with Crippen molar-refractivity contribution >= 4 is 41.1 Å². The number of fused-ring (bicyclic) bond motifs is 1. The van der Waals surface area contributed by atoms with E-state index in [1.54, 1.807) is 6.07 Å². The molecular formula is C19H22ClF3N4S2. The number of hydrogen-bond donors (Lipinski definition) is 2. The van der Waals surface area contributed by atoms with E-state index in [-0.39, 0.29) is 17.2 Å². The van der Waals surface area contributed by atoms with E-state index >= 15 is 0 Å². The molecule has 1 saturated carbocycles. The van der Waals surface area contributed by atoms with Crippen LogP contribution in [0.3, 0.4) is 0 Å². The highest BCUT2D eigenvalue weighted by Crippen LogP contribution is 2.36. The zero-order chi connectivity index (χ0) is 21.3. The molecule has 158 valence electrons. The summed E-state index contributed by atoms with van der Waals surface area (Å²) >= 11 is 11.6. The van der Waals surface area contributed by atoms with Gasteiger partial charge in [-0.2, -0.15) is 0 Å². The van der Waals surface area contributed by atoms with Crippen molar-refractivity contribution in [3.63, 3.8) is 0 Å². The lowest BCUT2D eigenvalue weighted by molar-refractivity contribution is 0.150. The van der Waals surface area contributed by atoms with Crippen molar-refractivity contribution in [3.05, 3.63) is 33.9 Å². The van der Waals surface area contributed by atoms with Gasteiger partial charge in [0.25, 0.3) is 6.43 Å². The van der Waals surface area contributed by atoms with Crippen LogP contribution in [0.5, 0.6) is 0 Å². The monoisotopic (exact) mass is 462 g/mol. The van der Waals surface area contributed by atoms with Crippen LogP contribution in [0.1, 0.15) is 43.7 Å². The van der Waals surface area contributed by atoms with Crippen LogP contribution in [0.4, 0.5) is 13.2 Å². The van der Waals surface area contributed by atoms with Gasteiger partial charge in [0.15, 0.2) is 10.0 Å². The van der Waals surface area contributed by atoms with Crippen molar-refractivity contribution in [2.45, 2.75) is 50.0 Å². The molecule has 0 bridgehead atoms. The number of alkyl halides is 3. The lowest BCUT2D eigenvalue weighted by Gasteiger charge is -2.06. The van der Waals surface area contributed by atoms with Gasteiger partial charge >= 0.3 is 0 Å². The molecule has 2 N–H and O–H groups in total. The molecule has 1 fully saturated rings. The number of hydrogen-bond acceptors (Lipinski definition) is 5. The van der Waals surface area contributed by atoms with Gasteiger partial charge in [-0.3, -0.25) is 0 Å². The van der Waals surface area contributed by atoms with Crippen LogP contribution in [0.2, 0.25) is 5.02 Å². The second-order valence-corrected chi connectivity index (χ2v) is 9.59. The first kappa shape index (κ1) is 22.4. The van der Waals surface area contributed by atoms with E-state index < -0.39 is 6.43 Å². The summed E-state index contributed by atoms with van der Waals surface area (Å²) in [7, 11) is 0. The molecule has 3 aromatic rings. The van der Waals surface area contributed by atoms with Gasteiger partial charge in [0.05, 0.1) is 16.2 Å². The molecule has 0 aliphatic heterocycles. The van der Waals surface area contributed by atoms with Crippen LogP contribution in [-0.2, 0) is 6.42 Å². The molecule has 4 rings (SSSR count). The van der Waals surface area contributed by atoms with Gasteiger partial charge in [-0.25, -0.2) is 13.2 Å². The van der Waals surface area contributed by atoms with E-state index in [1.807, 2.05) is 16.7 Å². The summed E-state index contributed by atoms with van der Waals surface area (Å²) in [5, 5.41) is 8.22.